The lowest BCUT2D eigenvalue weighted by Gasteiger charge is -2.35. The summed E-state index contributed by atoms with van der Waals surface area (Å²) in [6.07, 6.45) is -3.29. The predicted molar refractivity (Wildman–Crippen MR) is 93.8 cm³/mol. The van der Waals surface area contributed by atoms with E-state index in [0.29, 0.717) is 13.0 Å². The number of para-hydroxylation sites is 1. The molecule has 9 heteroatoms. The molecule has 1 aliphatic rings. The van der Waals surface area contributed by atoms with Crippen LogP contribution in [0, 0.1) is 0 Å². The first-order valence-corrected chi connectivity index (χ1v) is 8.71. The zero-order chi connectivity index (χ0) is 20.2. The van der Waals surface area contributed by atoms with Crippen LogP contribution < -0.4 is 10.9 Å². The summed E-state index contributed by atoms with van der Waals surface area (Å²) in [7, 11) is 0. The van der Waals surface area contributed by atoms with Crippen LogP contribution in [0.1, 0.15) is 45.6 Å². The number of rotatable bonds is 3. The molecule has 0 bridgehead atoms. The summed E-state index contributed by atoms with van der Waals surface area (Å²) in [5.74, 6) is -0.586. The number of nitrogens with zero attached hydrogens (tertiary/aromatic N) is 1. The van der Waals surface area contributed by atoms with Crippen molar-refractivity contribution in [3.8, 4) is 0 Å². The number of amides is 2. The molecule has 1 fully saturated rings. The van der Waals surface area contributed by atoms with Crippen molar-refractivity contribution in [3.63, 3.8) is 0 Å². The van der Waals surface area contributed by atoms with Gasteiger partial charge in [0, 0.05) is 6.54 Å². The van der Waals surface area contributed by atoms with Crippen LogP contribution in [-0.4, -0.2) is 35.1 Å². The molecule has 1 atom stereocenters. The second-order valence-corrected chi connectivity index (χ2v) is 7.34. The van der Waals surface area contributed by atoms with E-state index in [1.807, 2.05) is 0 Å². The van der Waals surface area contributed by atoms with Crippen LogP contribution in [0.5, 0.6) is 0 Å². The molecule has 2 rings (SSSR count). The van der Waals surface area contributed by atoms with Gasteiger partial charge in [0.25, 0.3) is 5.91 Å². The first-order valence-electron chi connectivity index (χ1n) is 8.71. The fourth-order valence-corrected chi connectivity index (χ4v) is 2.79. The van der Waals surface area contributed by atoms with Crippen LogP contribution in [0.4, 0.5) is 23.7 Å². The second-order valence-electron chi connectivity index (χ2n) is 7.34. The normalized spacial score (nSPS) is 18.0. The van der Waals surface area contributed by atoms with Crippen molar-refractivity contribution in [1.29, 1.82) is 0 Å². The molecule has 2 N–H and O–H groups in total. The van der Waals surface area contributed by atoms with Crippen LogP contribution in [0.15, 0.2) is 24.3 Å². The molecule has 0 spiro atoms. The number of likely N-dealkylation sites (tertiary alicyclic amines) is 1. The van der Waals surface area contributed by atoms with Crippen molar-refractivity contribution in [2.24, 2.45) is 0 Å². The molecular weight excluding hydrogens is 363 g/mol. The van der Waals surface area contributed by atoms with Crippen LogP contribution in [0.3, 0.4) is 0 Å². The quantitative estimate of drug-likeness (QED) is 0.771. The number of anilines is 1. The van der Waals surface area contributed by atoms with Crippen LogP contribution in [-0.2, 0) is 15.7 Å². The van der Waals surface area contributed by atoms with Gasteiger partial charge in [-0.1, -0.05) is 12.1 Å². The number of hydrogen-bond acceptors (Lipinski definition) is 4. The van der Waals surface area contributed by atoms with E-state index in [9.17, 15) is 22.8 Å². The Morgan fingerprint density at radius 3 is 2.44 bits per heavy atom. The maximum atomic E-state index is 13.0. The molecular formula is C18H24F3N3O3. The molecule has 0 aliphatic carbocycles. The fraction of sp³-hybridized carbons (Fsp3) is 0.556. The highest BCUT2D eigenvalue weighted by molar-refractivity contribution is 5.86. The smallest absolute Gasteiger partial charge is 0.418 e. The van der Waals surface area contributed by atoms with Crippen molar-refractivity contribution in [3.05, 3.63) is 29.8 Å². The largest absolute Gasteiger partial charge is 0.444 e. The molecule has 27 heavy (non-hydrogen) atoms. The van der Waals surface area contributed by atoms with Gasteiger partial charge in [-0.25, -0.2) is 4.79 Å². The molecule has 0 unspecified atom stereocenters. The highest BCUT2D eigenvalue weighted by Gasteiger charge is 2.36. The number of benzene rings is 1. The summed E-state index contributed by atoms with van der Waals surface area (Å²) < 4.78 is 44.4. The Kier molecular flexibility index (Phi) is 6.22. The van der Waals surface area contributed by atoms with E-state index in [2.05, 4.69) is 10.9 Å². The van der Waals surface area contributed by atoms with E-state index < -0.39 is 35.4 Å². The zero-order valence-electron chi connectivity index (χ0n) is 15.5. The predicted octanol–water partition coefficient (Wildman–Crippen LogP) is 3.94. The minimum absolute atomic E-state index is 0.266. The molecule has 6 nitrogen and oxygen atoms in total. The minimum Gasteiger partial charge on any atom is -0.444 e. The van der Waals surface area contributed by atoms with E-state index in [4.69, 9.17) is 4.74 Å². The van der Waals surface area contributed by atoms with Gasteiger partial charge < -0.3 is 4.74 Å². The molecule has 0 radical (unpaired) electrons. The van der Waals surface area contributed by atoms with E-state index in [-0.39, 0.29) is 5.69 Å². The highest BCUT2D eigenvalue weighted by Crippen LogP contribution is 2.34. The summed E-state index contributed by atoms with van der Waals surface area (Å²) in [4.78, 5) is 26.2. The number of carbonyl (C=O) groups excluding carboxylic acids is 2. The Morgan fingerprint density at radius 1 is 1.15 bits per heavy atom. The molecule has 1 aliphatic heterocycles. The average molecular weight is 387 g/mol. The molecule has 1 heterocycles. The molecule has 1 aromatic rings. The molecule has 150 valence electrons. The number of hydrogen-bond donors (Lipinski definition) is 2. The monoisotopic (exact) mass is 387 g/mol. The highest BCUT2D eigenvalue weighted by atomic mass is 19.4. The summed E-state index contributed by atoms with van der Waals surface area (Å²) >= 11 is 0. The molecule has 0 saturated carbocycles. The summed E-state index contributed by atoms with van der Waals surface area (Å²) in [6.45, 7) is 5.52. The summed E-state index contributed by atoms with van der Waals surface area (Å²) in [5, 5.41) is 0. The van der Waals surface area contributed by atoms with Gasteiger partial charge in [0.05, 0.1) is 11.3 Å². The van der Waals surface area contributed by atoms with Gasteiger partial charge in [0.2, 0.25) is 0 Å². The van der Waals surface area contributed by atoms with Crippen LogP contribution >= 0.6 is 0 Å². The number of carbonyl (C=O) groups is 2. The van der Waals surface area contributed by atoms with Gasteiger partial charge in [-0.05, 0) is 52.2 Å². The number of hydrazine groups is 1. The van der Waals surface area contributed by atoms with E-state index in [1.165, 1.54) is 23.1 Å². The number of alkyl halides is 3. The number of ether oxygens (including phenoxy) is 1. The van der Waals surface area contributed by atoms with E-state index >= 15 is 0 Å². The van der Waals surface area contributed by atoms with E-state index in [0.717, 1.165) is 18.9 Å². The maximum Gasteiger partial charge on any atom is 0.418 e. The lowest BCUT2D eigenvalue weighted by atomic mass is 10.0. The van der Waals surface area contributed by atoms with Crippen molar-refractivity contribution < 1.29 is 27.5 Å². The fourth-order valence-electron chi connectivity index (χ4n) is 2.79. The standard InChI is InChI=1S/C18H24F3N3O3/c1-17(2,3)27-16(26)24-11-7-6-10-14(24)15(25)23-22-13-9-5-4-8-12(13)18(19,20)21/h4-5,8-9,14,22H,6-7,10-11H2,1-3H3,(H,23,25)/t14-/m1/s1. The Hall–Kier alpha value is -2.45. The maximum absolute atomic E-state index is 13.0. The number of nitrogens with one attached hydrogen (secondary N) is 2. The summed E-state index contributed by atoms with van der Waals surface area (Å²) in [5.41, 5.74) is 2.75. The topological polar surface area (TPSA) is 70.7 Å². The SMILES string of the molecule is CC(C)(C)OC(=O)N1CCCC[C@@H]1C(=O)NNc1ccccc1C(F)(F)F. The molecule has 1 aromatic carbocycles. The van der Waals surface area contributed by atoms with Crippen LogP contribution in [0.25, 0.3) is 0 Å². The van der Waals surface area contributed by atoms with Gasteiger partial charge in [0.1, 0.15) is 11.6 Å². The lowest BCUT2D eigenvalue weighted by Crippen LogP contribution is -2.54. The van der Waals surface area contributed by atoms with Crippen molar-refractivity contribution in [1.82, 2.24) is 10.3 Å². The van der Waals surface area contributed by atoms with Crippen molar-refractivity contribution in [2.75, 3.05) is 12.0 Å². The molecule has 1 saturated heterocycles. The van der Waals surface area contributed by atoms with E-state index in [1.54, 1.807) is 20.8 Å². The first kappa shape index (κ1) is 20.9. The molecule has 2 amide bonds. The third kappa shape index (κ3) is 5.77. The number of piperidine rings is 1. The molecule has 0 aromatic heterocycles. The Labute approximate surface area is 156 Å². The Bertz CT molecular complexity index is 686. The van der Waals surface area contributed by atoms with Gasteiger partial charge >= 0.3 is 12.3 Å². The minimum atomic E-state index is -4.55. The van der Waals surface area contributed by atoms with Gasteiger partial charge in [-0.2, -0.15) is 13.2 Å². The second kappa shape index (κ2) is 8.06. The van der Waals surface area contributed by atoms with Crippen molar-refractivity contribution in [2.45, 2.75) is 57.9 Å². The van der Waals surface area contributed by atoms with Crippen molar-refractivity contribution >= 4 is 17.7 Å². The third-order valence-electron chi connectivity index (χ3n) is 3.99. The van der Waals surface area contributed by atoms with Gasteiger partial charge in [0.15, 0.2) is 0 Å². The Balaban J connectivity index is 2.07. The van der Waals surface area contributed by atoms with Gasteiger partial charge in [-0.15, -0.1) is 0 Å². The first-order chi connectivity index (χ1) is 12.5. The summed E-state index contributed by atoms with van der Waals surface area (Å²) in [6, 6.07) is 4.02. The zero-order valence-corrected chi connectivity index (χ0v) is 15.5. The Morgan fingerprint density at radius 2 is 1.81 bits per heavy atom. The van der Waals surface area contributed by atoms with Crippen LogP contribution in [0.2, 0.25) is 0 Å². The number of halogens is 3. The third-order valence-corrected chi connectivity index (χ3v) is 3.99. The van der Waals surface area contributed by atoms with Gasteiger partial charge in [-0.3, -0.25) is 20.5 Å². The lowest BCUT2D eigenvalue weighted by molar-refractivity contribution is -0.137. The average Bonchev–Trinajstić information content (AvgIpc) is 2.57.